The number of hydrogen-bond acceptors (Lipinski definition) is 4. The summed E-state index contributed by atoms with van der Waals surface area (Å²) >= 11 is 0. The Bertz CT molecular complexity index is 314. The van der Waals surface area contributed by atoms with Gasteiger partial charge in [-0.05, 0) is 26.2 Å². The number of aliphatic hydroxyl groups is 1. The Hall–Kier alpha value is -0.850. The van der Waals surface area contributed by atoms with Crippen molar-refractivity contribution in [3.05, 3.63) is 0 Å². The summed E-state index contributed by atoms with van der Waals surface area (Å²) in [4.78, 5) is 4.58. The summed E-state index contributed by atoms with van der Waals surface area (Å²) in [7, 11) is 0. The van der Waals surface area contributed by atoms with Gasteiger partial charge in [0, 0.05) is 31.7 Å². The predicted molar refractivity (Wildman–Crippen MR) is 89.3 cm³/mol. The predicted octanol–water partition coefficient (Wildman–Crippen LogP) is 1.15. The van der Waals surface area contributed by atoms with Crippen LogP contribution in [0.25, 0.3) is 0 Å². The molecule has 0 aromatic carbocycles. The maximum Gasteiger partial charge on any atom is 0.191 e. The molecule has 130 valence electrons. The highest BCUT2D eigenvalue weighted by atomic mass is 16.5. The fourth-order valence-electron chi connectivity index (χ4n) is 2.06. The number of nitrogens with one attached hydrogen (secondary N) is 2. The molecule has 0 radical (unpaired) electrons. The van der Waals surface area contributed by atoms with Gasteiger partial charge in [-0.25, -0.2) is 0 Å². The van der Waals surface area contributed by atoms with Gasteiger partial charge in [0.25, 0.3) is 0 Å². The minimum atomic E-state index is -0.145. The number of aliphatic imine (C=N–C) groups is 1. The first-order chi connectivity index (χ1) is 10.6. The van der Waals surface area contributed by atoms with Crippen LogP contribution in [0.2, 0.25) is 0 Å². The van der Waals surface area contributed by atoms with E-state index in [0.717, 1.165) is 58.1 Å². The third-order valence-corrected chi connectivity index (χ3v) is 4.05. The molecule has 2 atom stereocenters. The quantitative estimate of drug-likeness (QED) is 0.320. The Morgan fingerprint density at radius 3 is 2.82 bits per heavy atom. The van der Waals surface area contributed by atoms with Crippen LogP contribution in [0.15, 0.2) is 4.99 Å². The van der Waals surface area contributed by atoms with Crippen LogP contribution in [0, 0.1) is 5.41 Å². The molecule has 22 heavy (non-hydrogen) atoms. The standard InChI is InChI=1S/C16H33N3O3/c1-4-16(3,13-20)12-19-15(17-5-2)18-8-6-9-22-14-7-10-21-11-14/h14,20H,4-13H2,1-3H3,(H2,17,18,19). The average molecular weight is 315 g/mol. The number of aliphatic hydroxyl groups excluding tert-OH is 1. The van der Waals surface area contributed by atoms with Crippen LogP contribution in [0.3, 0.4) is 0 Å². The van der Waals surface area contributed by atoms with Crippen LogP contribution in [0.1, 0.15) is 40.0 Å². The SMILES string of the molecule is CCNC(=NCC(C)(CC)CO)NCCCOC1CCOC1. The number of nitrogens with zero attached hydrogens (tertiary/aromatic N) is 1. The van der Waals surface area contributed by atoms with Gasteiger partial charge in [0.15, 0.2) is 5.96 Å². The maximum atomic E-state index is 9.44. The van der Waals surface area contributed by atoms with E-state index in [1.165, 1.54) is 0 Å². The fraction of sp³-hybridized carbons (Fsp3) is 0.938. The smallest absolute Gasteiger partial charge is 0.191 e. The molecule has 0 aromatic rings. The molecule has 1 fully saturated rings. The molecule has 2 unspecified atom stereocenters. The Morgan fingerprint density at radius 1 is 1.41 bits per heavy atom. The molecule has 3 N–H and O–H groups in total. The Morgan fingerprint density at radius 2 is 2.23 bits per heavy atom. The maximum absolute atomic E-state index is 9.44. The van der Waals surface area contributed by atoms with Crippen LogP contribution >= 0.6 is 0 Å². The van der Waals surface area contributed by atoms with Crippen molar-refractivity contribution in [3.63, 3.8) is 0 Å². The van der Waals surface area contributed by atoms with Gasteiger partial charge < -0.3 is 25.2 Å². The highest BCUT2D eigenvalue weighted by Crippen LogP contribution is 2.19. The molecule has 6 nitrogen and oxygen atoms in total. The van der Waals surface area contributed by atoms with Crippen molar-refractivity contribution in [3.8, 4) is 0 Å². The van der Waals surface area contributed by atoms with E-state index >= 15 is 0 Å². The molecule has 1 aliphatic heterocycles. The van der Waals surface area contributed by atoms with E-state index in [2.05, 4.69) is 29.5 Å². The topological polar surface area (TPSA) is 75.1 Å². The molecule has 1 heterocycles. The molecule has 0 bridgehead atoms. The second-order valence-electron chi connectivity index (χ2n) is 6.15. The van der Waals surface area contributed by atoms with Crippen molar-refractivity contribution in [2.75, 3.05) is 46.1 Å². The van der Waals surface area contributed by atoms with Gasteiger partial charge in [0.05, 0.1) is 25.9 Å². The summed E-state index contributed by atoms with van der Waals surface area (Å²) in [6, 6.07) is 0. The van der Waals surface area contributed by atoms with E-state index in [4.69, 9.17) is 9.47 Å². The lowest BCUT2D eigenvalue weighted by Crippen LogP contribution is -2.39. The van der Waals surface area contributed by atoms with Crippen molar-refractivity contribution >= 4 is 5.96 Å². The van der Waals surface area contributed by atoms with Gasteiger partial charge in [0.1, 0.15) is 0 Å². The Kier molecular flexibility index (Phi) is 9.43. The van der Waals surface area contributed by atoms with Crippen molar-refractivity contribution < 1.29 is 14.6 Å². The number of ether oxygens (including phenoxy) is 2. The van der Waals surface area contributed by atoms with Crippen molar-refractivity contribution in [1.82, 2.24) is 10.6 Å². The lowest BCUT2D eigenvalue weighted by Gasteiger charge is -2.23. The zero-order valence-corrected chi connectivity index (χ0v) is 14.4. The van der Waals surface area contributed by atoms with Gasteiger partial charge in [-0.2, -0.15) is 0 Å². The first-order valence-electron chi connectivity index (χ1n) is 8.46. The summed E-state index contributed by atoms with van der Waals surface area (Å²) in [5.41, 5.74) is -0.145. The summed E-state index contributed by atoms with van der Waals surface area (Å²) in [5.74, 6) is 0.805. The van der Waals surface area contributed by atoms with E-state index in [-0.39, 0.29) is 18.1 Å². The van der Waals surface area contributed by atoms with E-state index < -0.39 is 0 Å². The third kappa shape index (κ3) is 7.42. The minimum absolute atomic E-state index is 0.145. The van der Waals surface area contributed by atoms with E-state index in [1.807, 2.05) is 6.92 Å². The molecule has 1 rings (SSSR count). The van der Waals surface area contributed by atoms with Gasteiger partial charge in [-0.15, -0.1) is 0 Å². The van der Waals surface area contributed by atoms with Crippen LogP contribution in [-0.4, -0.2) is 63.2 Å². The normalized spacial score (nSPS) is 21.6. The molecule has 1 saturated heterocycles. The monoisotopic (exact) mass is 315 g/mol. The Balaban J connectivity index is 2.24. The number of guanidine groups is 1. The van der Waals surface area contributed by atoms with Crippen LogP contribution in [0.5, 0.6) is 0 Å². The highest BCUT2D eigenvalue weighted by molar-refractivity contribution is 5.79. The molecule has 6 heteroatoms. The number of hydrogen-bond donors (Lipinski definition) is 3. The van der Waals surface area contributed by atoms with Crippen molar-refractivity contribution in [1.29, 1.82) is 0 Å². The molecule has 0 spiro atoms. The zero-order chi connectivity index (χ0) is 16.3. The lowest BCUT2D eigenvalue weighted by molar-refractivity contribution is 0.0420. The molecular formula is C16H33N3O3. The summed E-state index contributed by atoms with van der Waals surface area (Å²) in [6.45, 7) is 10.9. The van der Waals surface area contributed by atoms with Crippen molar-refractivity contribution in [2.45, 2.75) is 46.1 Å². The zero-order valence-electron chi connectivity index (χ0n) is 14.4. The van der Waals surface area contributed by atoms with E-state index in [9.17, 15) is 5.11 Å². The summed E-state index contributed by atoms with van der Waals surface area (Å²) in [5, 5.41) is 16.0. The van der Waals surface area contributed by atoms with Crippen molar-refractivity contribution in [2.24, 2.45) is 10.4 Å². The minimum Gasteiger partial charge on any atom is -0.396 e. The fourth-order valence-corrected chi connectivity index (χ4v) is 2.06. The molecule has 0 aromatic heterocycles. The molecule has 0 saturated carbocycles. The average Bonchev–Trinajstić information content (AvgIpc) is 3.05. The van der Waals surface area contributed by atoms with Crippen LogP contribution in [-0.2, 0) is 9.47 Å². The number of rotatable bonds is 10. The molecule has 0 aliphatic carbocycles. The third-order valence-electron chi connectivity index (χ3n) is 4.05. The summed E-state index contributed by atoms with van der Waals surface area (Å²) in [6.07, 6.45) is 3.13. The van der Waals surface area contributed by atoms with E-state index in [1.54, 1.807) is 0 Å². The first kappa shape index (κ1) is 19.2. The van der Waals surface area contributed by atoms with E-state index in [0.29, 0.717) is 6.54 Å². The molecular weight excluding hydrogens is 282 g/mol. The lowest BCUT2D eigenvalue weighted by atomic mass is 9.89. The largest absolute Gasteiger partial charge is 0.396 e. The molecule has 0 amide bonds. The first-order valence-corrected chi connectivity index (χ1v) is 8.46. The second kappa shape index (κ2) is 10.8. The van der Waals surface area contributed by atoms with Crippen LogP contribution in [0.4, 0.5) is 0 Å². The molecule has 1 aliphatic rings. The second-order valence-corrected chi connectivity index (χ2v) is 6.15. The van der Waals surface area contributed by atoms with Crippen LogP contribution < -0.4 is 10.6 Å². The highest BCUT2D eigenvalue weighted by Gasteiger charge is 2.20. The van der Waals surface area contributed by atoms with Gasteiger partial charge in [-0.1, -0.05) is 13.8 Å². The van der Waals surface area contributed by atoms with Gasteiger partial charge >= 0.3 is 0 Å². The summed E-state index contributed by atoms with van der Waals surface area (Å²) < 4.78 is 11.0. The Labute approximate surface area is 134 Å². The van der Waals surface area contributed by atoms with Gasteiger partial charge in [0.2, 0.25) is 0 Å². The van der Waals surface area contributed by atoms with Gasteiger partial charge in [-0.3, -0.25) is 4.99 Å².